The van der Waals surface area contributed by atoms with Crippen LogP contribution in [0.4, 0.5) is 0 Å². The molecule has 0 aliphatic rings. The third kappa shape index (κ3) is 25.7. The Labute approximate surface area is 462 Å². The molecular formula is C48H73N13O20. The number of carboxylic acid groups (broad SMARTS) is 3. The number of carbonyl (C=O) groups excluding carboxylic acids is 12. The second-order valence-electron chi connectivity index (χ2n) is 18.9. The van der Waals surface area contributed by atoms with Gasteiger partial charge in [0.25, 0.3) is 0 Å². The molecule has 0 bridgehead atoms. The Morgan fingerprint density at radius 1 is 0.444 bits per heavy atom. The van der Waals surface area contributed by atoms with Gasteiger partial charge in [0.15, 0.2) is 0 Å². The average Bonchev–Trinajstić information content (AvgIpc) is 3.36. The molecule has 13 atom stereocenters. The van der Waals surface area contributed by atoms with Gasteiger partial charge in [0.1, 0.15) is 54.4 Å². The fraction of sp³-hybridized carbons (Fsp3) is 0.562. The predicted molar refractivity (Wildman–Crippen MR) is 277 cm³/mol. The first kappa shape index (κ1) is 70.2. The lowest BCUT2D eigenvalue weighted by atomic mass is 9.97. The summed E-state index contributed by atoms with van der Waals surface area (Å²) in [6.07, 6.45) is -8.96. The van der Waals surface area contributed by atoms with Crippen LogP contribution < -0.4 is 70.8 Å². The number of primary amides is 3. The molecule has 450 valence electrons. The molecule has 0 aliphatic carbocycles. The van der Waals surface area contributed by atoms with E-state index in [4.69, 9.17) is 22.9 Å². The van der Waals surface area contributed by atoms with Crippen molar-refractivity contribution in [3.05, 3.63) is 35.9 Å². The highest BCUT2D eigenvalue weighted by molar-refractivity contribution is 6.00. The summed E-state index contributed by atoms with van der Waals surface area (Å²) in [5.74, 6) is -19.5. The minimum atomic E-state index is -2.11. The maximum atomic E-state index is 13.8. The molecule has 1 aromatic carbocycles. The van der Waals surface area contributed by atoms with Gasteiger partial charge in [-0.05, 0) is 45.1 Å². The molecule has 81 heavy (non-hydrogen) atoms. The number of carbonyl (C=O) groups is 15. The summed E-state index contributed by atoms with van der Waals surface area (Å²) in [6, 6.07) is -9.91. The summed E-state index contributed by atoms with van der Waals surface area (Å²) in [4.78, 5) is 192. The summed E-state index contributed by atoms with van der Waals surface area (Å²) in [5.41, 5.74) is 21.9. The van der Waals surface area contributed by atoms with Crippen LogP contribution in [0.15, 0.2) is 30.3 Å². The molecule has 33 nitrogen and oxygen atoms in total. The number of benzene rings is 1. The van der Waals surface area contributed by atoms with Gasteiger partial charge in [-0.15, -0.1) is 0 Å². The average molecular weight is 1150 g/mol. The second-order valence-corrected chi connectivity index (χ2v) is 18.9. The second kappa shape index (κ2) is 34.2. The number of aliphatic carboxylic acids is 3. The van der Waals surface area contributed by atoms with Crippen molar-refractivity contribution in [3.8, 4) is 0 Å². The zero-order valence-corrected chi connectivity index (χ0v) is 44.9. The molecule has 33 heteroatoms. The van der Waals surface area contributed by atoms with Crippen LogP contribution in [0.2, 0.25) is 0 Å². The largest absolute Gasteiger partial charge is 0.481 e. The van der Waals surface area contributed by atoms with Crippen LogP contribution in [0.1, 0.15) is 91.5 Å². The van der Waals surface area contributed by atoms with Gasteiger partial charge in [-0.25, -0.2) is 4.79 Å². The Morgan fingerprint density at radius 3 is 1.33 bits per heavy atom. The summed E-state index contributed by atoms with van der Waals surface area (Å²) in [7, 11) is 0. The van der Waals surface area contributed by atoms with E-state index >= 15 is 0 Å². The first-order valence-corrected chi connectivity index (χ1v) is 25.1. The Hall–Kier alpha value is -8.85. The van der Waals surface area contributed by atoms with Crippen molar-refractivity contribution >= 4 is 88.8 Å². The van der Waals surface area contributed by atoms with Crippen LogP contribution in [0.3, 0.4) is 0 Å². The predicted octanol–water partition coefficient (Wildman–Crippen LogP) is -7.81. The van der Waals surface area contributed by atoms with Crippen molar-refractivity contribution in [2.24, 2.45) is 28.9 Å². The van der Waals surface area contributed by atoms with Crippen molar-refractivity contribution in [2.75, 3.05) is 0 Å². The highest BCUT2D eigenvalue weighted by atomic mass is 16.4. The number of amides is 12. The van der Waals surface area contributed by atoms with E-state index in [0.29, 0.717) is 5.56 Å². The first-order chi connectivity index (χ1) is 37.7. The molecule has 0 saturated heterocycles. The van der Waals surface area contributed by atoms with E-state index in [1.165, 1.54) is 0 Å². The SMILES string of the molecule is CC[C@H](C)[C@H](NC(=O)[C@@H](N)CC(N)=O)C(=O)N[C@@H](CCC(=O)O)C(=O)N[C@@H](C)C(=O)N[C@@H](CCC(N)=O)C(=O)N[C@@H](CC(N)=O)C(=O)N[C@H](C(=O)N[C@H](C(=O)N[C@@H](CC(=O)O)C(=O)N[C@@H](Cc1ccccc1)C(=O)O)[C@@H](C)O)[C@@H](C)O. The summed E-state index contributed by atoms with van der Waals surface area (Å²) in [5, 5.41) is 69.3. The minimum Gasteiger partial charge on any atom is -0.481 e. The Bertz CT molecular complexity index is 2460. The number of aliphatic hydroxyl groups is 2. The van der Waals surface area contributed by atoms with Gasteiger partial charge in [0.05, 0.1) is 37.5 Å². The smallest absolute Gasteiger partial charge is 0.326 e. The van der Waals surface area contributed by atoms with E-state index in [9.17, 15) is 97.5 Å². The van der Waals surface area contributed by atoms with E-state index in [1.807, 2.05) is 16.0 Å². The van der Waals surface area contributed by atoms with Gasteiger partial charge in [0, 0.05) is 19.3 Å². The van der Waals surface area contributed by atoms with Gasteiger partial charge >= 0.3 is 17.9 Å². The highest BCUT2D eigenvalue weighted by Crippen LogP contribution is 2.12. The molecule has 1 aromatic rings. The first-order valence-electron chi connectivity index (χ1n) is 25.1. The quantitative estimate of drug-likeness (QED) is 0.0294. The van der Waals surface area contributed by atoms with Crippen molar-refractivity contribution in [1.82, 2.24) is 47.9 Å². The molecular weight excluding hydrogens is 1080 g/mol. The number of carboxylic acids is 3. The van der Waals surface area contributed by atoms with Crippen LogP contribution >= 0.6 is 0 Å². The maximum absolute atomic E-state index is 13.8. The maximum Gasteiger partial charge on any atom is 0.326 e. The standard InChI is InChI=1S/C48H73N13O20/c1-6-20(2)36(59-40(72)25(49)17-32(51)65)45(77)55-27(13-15-34(67)68)41(73)53-21(3)39(71)54-26(12-14-31(50)64)42(74)56-28(18-33(52)66)44(76)60-38(23(5)63)47(79)61-37(22(4)62)46(78)57-29(19-35(69)70)43(75)58-30(48(80)81)16-24-10-8-7-9-11-24/h7-11,20-23,25-30,36-38,62-63H,6,12-19,49H2,1-5H3,(H2,50,64)(H2,51,65)(H2,52,66)(H,53,73)(H,54,71)(H,55,77)(H,56,74)(H,57,78)(H,58,75)(H,59,72)(H,60,76)(H,61,79)(H,67,68)(H,69,70)(H,80,81)/t20-,21-,22+,23+,25-,26-,27-,28-,29-,30-,36-,37-,38-/m0/s1. The number of hydrogen-bond acceptors (Lipinski definition) is 18. The van der Waals surface area contributed by atoms with Crippen LogP contribution in [0.5, 0.6) is 0 Å². The van der Waals surface area contributed by atoms with Gasteiger partial charge < -0.3 is 96.3 Å². The lowest BCUT2D eigenvalue weighted by molar-refractivity contribution is -0.144. The lowest BCUT2D eigenvalue weighted by Crippen LogP contribution is -2.63. The molecule has 0 heterocycles. The molecule has 0 aromatic heterocycles. The van der Waals surface area contributed by atoms with E-state index < -0.39 is 212 Å². The third-order valence-corrected chi connectivity index (χ3v) is 12.0. The Balaban J connectivity index is 3.38. The van der Waals surface area contributed by atoms with E-state index in [2.05, 4.69) is 31.9 Å². The summed E-state index contributed by atoms with van der Waals surface area (Å²) >= 11 is 0. The van der Waals surface area contributed by atoms with Gasteiger partial charge in [-0.2, -0.15) is 0 Å². The van der Waals surface area contributed by atoms with Gasteiger partial charge in [0.2, 0.25) is 70.9 Å². The number of nitrogens with two attached hydrogens (primary N) is 4. The Morgan fingerprint density at radius 2 is 0.852 bits per heavy atom. The molecule has 12 amide bonds. The number of hydrogen-bond donors (Lipinski definition) is 18. The van der Waals surface area contributed by atoms with Crippen LogP contribution in [0, 0.1) is 5.92 Å². The van der Waals surface area contributed by atoms with E-state index in [1.54, 1.807) is 44.2 Å². The molecule has 0 unspecified atom stereocenters. The molecule has 0 fully saturated rings. The zero-order valence-electron chi connectivity index (χ0n) is 44.9. The van der Waals surface area contributed by atoms with Crippen LogP contribution in [-0.2, 0) is 78.3 Å². The van der Waals surface area contributed by atoms with Gasteiger partial charge in [-0.1, -0.05) is 50.6 Å². The number of nitrogens with one attached hydrogen (secondary N) is 9. The Kier molecular flexibility index (Phi) is 29.6. The fourth-order valence-electron chi connectivity index (χ4n) is 7.26. The monoisotopic (exact) mass is 1150 g/mol. The number of rotatable bonds is 37. The summed E-state index contributed by atoms with van der Waals surface area (Å²) < 4.78 is 0. The van der Waals surface area contributed by atoms with E-state index in [-0.39, 0.29) is 12.8 Å². The number of aliphatic hydroxyl groups excluding tert-OH is 2. The third-order valence-electron chi connectivity index (χ3n) is 12.0. The zero-order chi connectivity index (χ0) is 62.0. The molecule has 1 rings (SSSR count). The van der Waals surface area contributed by atoms with E-state index in [0.717, 1.165) is 20.8 Å². The van der Waals surface area contributed by atoms with Gasteiger partial charge in [-0.3, -0.25) is 67.1 Å². The van der Waals surface area contributed by atoms with Crippen molar-refractivity contribution < 1.29 is 97.5 Å². The normalized spacial score (nSPS) is 15.8. The topological polar surface area (TPSA) is 570 Å². The van der Waals surface area contributed by atoms with Crippen molar-refractivity contribution in [3.63, 3.8) is 0 Å². The fourth-order valence-corrected chi connectivity index (χ4v) is 7.26. The van der Waals surface area contributed by atoms with Crippen LogP contribution in [0.25, 0.3) is 0 Å². The molecule has 22 N–H and O–H groups in total. The van der Waals surface area contributed by atoms with Crippen LogP contribution in [-0.4, -0.2) is 187 Å². The summed E-state index contributed by atoms with van der Waals surface area (Å²) in [6.45, 7) is 6.22. The van der Waals surface area contributed by atoms with Crippen molar-refractivity contribution in [2.45, 2.75) is 165 Å². The lowest BCUT2D eigenvalue weighted by Gasteiger charge is -2.29. The molecule has 0 saturated carbocycles. The van der Waals surface area contributed by atoms with Crippen molar-refractivity contribution in [1.29, 1.82) is 0 Å². The molecule has 0 spiro atoms. The minimum absolute atomic E-state index is 0.260. The molecule has 0 aliphatic heterocycles. The molecule has 0 radical (unpaired) electrons. The highest BCUT2D eigenvalue weighted by Gasteiger charge is 2.38.